The van der Waals surface area contributed by atoms with Crippen LogP contribution in [0.2, 0.25) is 0 Å². The van der Waals surface area contributed by atoms with Crippen LogP contribution in [-0.2, 0) is 14.6 Å². The molecule has 6 heteroatoms. The molecule has 5 nitrogen and oxygen atoms in total. The fourth-order valence-corrected chi connectivity index (χ4v) is 4.87. The van der Waals surface area contributed by atoms with Gasteiger partial charge in [0.15, 0.2) is 9.84 Å². The zero-order valence-corrected chi connectivity index (χ0v) is 12.6. The van der Waals surface area contributed by atoms with Gasteiger partial charge in [0.1, 0.15) is 0 Å². The van der Waals surface area contributed by atoms with E-state index in [4.69, 9.17) is 0 Å². The van der Waals surface area contributed by atoms with E-state index in [1.165, 1.54) is 0 Å². The number of rotatable bonds is 3. The molecule has 2 unspecified atom stereocenters. The number of nitrogens with one attached hydrogen (secondary N) is 1. The number of hydrogen-bond acceptors (Lipinski definition) is 4. The molecule has 0 bridgehead atoms. The Balaban J connectivity index is 2.14. The molecule has 0 aromatic rings. The lowest BCUT2D eigenvalue weighted by Gasteiger charge is -2.40. The molecule has 2 heterocycles. The van der Waals surface area contributed by atoms with Crippen LogP contribution in [-0.4, -0.2) is 55.4 Å². The van der Waals surface area contributed by atoms with Gasteiger partial charge in [-0.1, -0.05) is 13.3 Å². The number of amides is 1. The van der Waals surface area contributed by atoms with Crippen molar-refractivity contribution in [2.75, 3.05) is 24.6 Å². The predicted molar refractivity (Wildman–Crippen MR) is 74.7 cm³/mol. The molecule has 0 radical (unpaired) electrons. The second-order valence-corrected chi connectivity index (χ2v) is 8.05. The van der Waals surface area contributed by atoms with Crippen molar-refractivity contribution in [3.63, 3.8) is 0 Å². The van der Waals surface area contributed by atoms with Crippen molar-refractivity contribution in [3.05, 3.63) is 0 Å². The highest BCUT2D eigenvalue weighted by Gasteiger charge is 2.45. The van der Waals surface area contributed by atoms with E-state index < -0.39 is 15.4 Å². The number of hydrogen-bond donors (Lipinski definition) is 1. The Bertz CT molecular complexity index is 441. The van der Waals surface area contributed by atoms with Gasteiger partial charge in [-0.3, -0.25) is 4.79 Å². The van der Waals surface area contributed by atoms with E-state index in [2.05, 4.69) is 12.2 Å². The molecular formula is C13H24N2O3S. The molecule has 2 fully saturated rings. The summed E-state index contributed by atoms with van der Waals surface area (Å²) in [5.74, 6) is 0.306. The molecule has 2 saturated heterocycles. The van der Waals surface area contributed by atoms with Gasteiger partial charge in [-0.2, -0.15) is 0 Å². The molecule has 2 aliphatic heterocycles. The van der Waals surface area contributed by atoms with E-state index in [0.717, 1.165) is 32.2 Å². The Kier molecular flexibility index (Phi) is 4.20. The van der Waals surface area contributed by atoms with Gasteiger partial charge in [0.25, 0.3) is 0 Å². The van der Waals surface area contributed by atoms with Gasteiger partial charge in [0.2, 0.25) is 5.91 Å². The number of nitrogens with zero attached hydrogens (tertiary/aromatic N) is 1. The van der Waals surface area contributed by atoms with Gasteiger partial charge < -0.3 is 10.2 Å². The van der Waals surface area contributed by atoms with Gasteiger partial charge in [0, 0.05) is 12.6 Å². The Morgan fingerprint density at radius 1 is 1.47 bits per heavy atom. The van der Waals surface area contributed by atoms with Crippen molar-refractivity contribution in [2.24, 2.45) is 0 Å². The fraction of sp³-hybridized carbons (Fsp3) is 0.923. The average Bonchev–Trinajstić information content (AvgIpc) is 2.77. The molecule has 0 aromatic heterocycles. The van der Waals surface area contributed by atoms with Crippen LogP contribution in [0.15, 0.2) is 0 Å². The van der Waals surface area contributed by atoms with Gasteiger partial charge in [-0.25, -0.2) is 8.42 Å². The molecule has 0 saturated carbocycles. The molecule has 1 amide bonds. The minimum atomic E-state index is -2.97. The van der Waals surface area contributed by atoms with Crippen molar-refractivity contribution < 1.29 is 13.2 Å². The van der Waals surface area contributed by atoms with E-state index in [0.29, 0.717) is 6.54 Å². The highest BCUT2D eigenvalue weighted by Crippen LogP contribution is 2.29. The first-order valence-electron chi connectivity index (χ1n) is 7.17. The zero-order chi connectivity index (χ0) is 14.1. The summed E-state index contributed by atoms with van der Waals surface area (Å²) in [6.07, 6.45) is 3.68. The summed E-state index contributed by atoms with van der Waals surface area (Å²) in [6, 6.07) is -0.206. The van der Waals surface area contributed by atoms with Gasteiger partial charge in [-0.05, 0) is 32.7 Å². The van der Waals surface area contributed by atoms with Crippen LogP contribution in [0.1, 0.15) is 39.5 Å². The summed E-state index contributed by atoms with van der Waals surface area (Å²) in [7, 11) is -2.97. The first-order valence-corrected chi connectivity index (χ1v) is 8.99. The Morgan fingerprint density at radius 2 is 2.21 bits per heavy atom. The SMILES string of the molecule is CCCC1(C(=O)N2CCS(=O)(=O)CC2C)CCCN1. The maximum atomic E-state index is 12.8. The van der Waals surface area contributed by atoms with Crippen molar-refractivity contribution in [2.45, 2.75) is 51.1 Å². The highest BCUT2D eigenvalue weighted by atomic mass is 32.2. The highest BCUT2D eigenvalue weighted by molar-refractivity contribution is 7.91. The number of carbonyl (C=O) groups excluding carboxylic acids is 1. The topological polar surface area (TPSA) is 66.5 Å². The van der Waals surface area contributed by atoms with Crippen LogP contribution in [0, 0.1) is 0 Å². The maximum absolute atomic E-state index is 12.8. The summed E-state index contributed by atoms with van der Waals surface area (Å²) in [6.45, 7) is 5.14. The van der Waals surface area contributed by atoms with Crippen LogP contribution in [0.5, 0.6) is 0 Å². The molecule has 2 rings (SSSR count). The first kappa shape index (κ1) is 14.8. The minimum Gasteiger partial charge on any atom is -0.336 e. The van der Waals surface area contributed by atoms with Crippen LogP contribution in [0.4, 0.5) is 0 Å². The second kappa shape index (κ2) is 5.40. The quantitative estimate of drug-likeness (QED) is 0.824. The maximum Gasteiger partial charge on any atom is 0.243 e. The van der Waals surface area contributed by atoms with Gasteiger partial charge in [-0.15, -0.1) is 0 Å². The molecular weight excluding hydrogens is 264 g/mol. The standard InChI is InChI=1S/C13H24N2O3S/c1-3-5-13(6-4-7-14-13)12(16)15-8-9-19(17,18)10-11(15)2/h11,14H,3-10H2,1-2H3. The van der Waals surface area contributed by atoms with Crippen LogP contribution in [0.25, 0.3) is 0 Å². The monoisotopic (exact) mass is 288 g/mol. The summed E-state index contributed by atoms with van der Waals surface area (Å²) >= 11 is 0. The summed E-state index contributed by atoms with van der Waals surface area (Å²) in [4.78, 5) is 14.6. The van der Waals surface area contributed by atoms with E-state index in [1.54, 1.807) is 4.90 Å². The third-order valence-electron chi connectivity index (χ3n) is 4.26. The zero-order valence-electron chi connectivity index (χ0n) is 11.8. The van der Waals surface area contributed by atoms with E-state index in [-0.39, 0.29) is 23.5 Å². The lowest BCUT2D eigenvalue weighted by molar-refractivity contribution is -0.139. The third-order valence-corrected chi connectivity index (χ3v) is 6.06. The first-order chi connectivity index (χ1) is 8.90. The number of carbonyl (C=O) groups is 1. The smallest absolute Gasteiger partial charge is 0.243 e. The summed E-state index contributed by atoms with van der Waals surface area (Å²) in [5, 5.41) is 3.37. The molecule has 0 aliphatic carbocycles. The van der Waals surface area contributed by atoms with Crippen LogP contribution >= 0.6 is 0 Å². The summed E-state index contributed by atoms with van der Waals surface area (Å²) < 4.78 is 23.2. The van der Waals surface area contributed by atoms with Gasteiger partial charge in [0.05, 0.1) is 17.0 Å². The van der Waals surface area contributed by atoms with Crippen LogP contribution in [0.3, 0.4) is 0 Å². The Labute approximate surface area is 115 Å². The molecule has 110 valence electrons. The molecule has 1 N–H and O–H groups in total. The average molecular weight is 288 g/mol. The summed E-state index contributed by atoms with van der Waals surface area (Å²) in [5.41, 5.74) is -0.440. The predicted octanol–water partition coefficient (Wildman–Crippen LogP) is 0.554. The van der Waals surface area contributed by atoms with Gasteiger partial charge >= 0.3 is 0 Å². The Morgan fingerprint density at radius 3 is 2.74 bits per heavy atom. The molecule has 0 spiro atoms. The van der Waals surface area contributed by atoms with E-state index in [9.17, 15) is 13.2 Å². The molecule has 2 aliphatic rings. The normalized spacial score (nSPS) is 34.4. The fourth-order valence-electron chi connectivity index (χ4n) is 3.31. The van der Waals surface area contributed by atoms with Crippen LogP contribution < -0.4 is 5.32 Å². The minimum absolute atomic E-state index is 0.0982. The van der Waals surface area contributed by atoms with Crippen molar-refractivity contribution in [3.8, 4) is 0 Å². The van der Waals surface area contributed by atoms with Crippen molar-refractivity contribution in [1.29, 1.82) is 0 Å². The second-order valence-electron chi connectivity index (χ2n) is 5.82. The van der Waals surface area contributed by atoms with Crippen molar-refractivity contribution in [1.82, 2.24) is 10.2 Å². The molecule has 2 atom stereocenters. The van der Waals surface area contributed by atoms with Crippen molar-refractivity contribution >= 4 is 15.7 Å². The molecule has 0 aromatic carbocycles. The lowest BCUT2D eigenvalue weighted by atomic mass is 9.89. The van der Waals surface area contributed by atoms with E-state index >= 15 is 0 Å². The molecule has 19 heavy (non-hydrogen) atoms. The number of sulfone groups is 1. The van der Waals surface area contributed by atoms with E-state index in [1.807, 2.05) is 6.92 Å². The lowest BCUT2D eigenvalue weighted by Crippen LogP contribution is -2.60. The third kappa shape index (κ3) is 2.94. The Hall–Kier alpha value is -0.620. The largest absolute Gasteiger partial charge is 0.336 e.